The van der Waals surface area contributed by atoms with E-state index < -0.39 is 5.91 Å². The molecule has 0 saturated heterocycles. The summed E-state index contributed by atoms with van der Waals surface area (Å²) in [7, 11) is 0. The van der Waals surface area contributed by atoms with Crippen molar-refractivity contribution in [1.82, 2.24) is 10.4 Å². The minimum absolute atomic E-state index is 0.188. The van der Waals surface area contributed by atoms with Crippen LogP contribution in [0.3, 0.4) is 0 Å². The molecule has 0 aromatic heterocycles. The molecule has 2 N–H and O–H groups in total. The topological polar surface area (TPSA) is 69.6 Å². The number of carbonyl (C=O) groups excluding carboxylic acids is 2. The molecular formula is C26H22ClFN2O3. The second-order valence-corrected chi connectivity index (χ2v) is 8.31. The molecule has 1 heterocycles. The zero-order valence-corrected chi connectivity index (χ0v) is 18.5. The second kappa shape index (κ2) is 9.98. The third-order valence-electron chi connectivity index (χ3n) is 5.64. The summed E-state index contributed by atoms with van der Waals surface area (Å²) in [5.74, 6) is -1.14. The molecule has 1 aliphatic heterocycles. The zero-order valence-electron chi connectivity index (χ0n) is 17.7. The first-order chi connectivity index (χ1) is 15.9. The smallest absolute Gasteiger partial charge is 0.274 e. The molecule has 0 aliphatic carbocycles. The fourth-order valence-corrected chi connectivity index (χ4v) is 4.15. The van der Waals surface area contributed by atoms with Gasteiger partial charge < -0.3 is 4.90 Å². The minimum atomic E-state index is -0.601. The molecule has 168 valence electrons. The number of halogens is 2. The quantitative estimate of drug-likeness (QED) is 0.244. The fourth-order valence-electron chi connectivity index (χ4n) is 3.96. The Bertz CT molecular complexity index is 1220. The van der Waals surface area contributed by atoms with Crippen LogP contribution in [0.4, 0.5) is 4.39 Å². The van der Waals surface area contributed by atoms with Gasteiger partial charge in [-0.1, -0.05) is 41.9 Å². The number of fused-ring (bicyclic) bond motifs is 1. The van der Waals surface area contributed by atoms with Crippen LogP contribution in [0.5, 0.6) is 0 Å². The van der Waals surface area contributed by atoms with Crippen LogP contribution in [0.2, 0.25) is 5.02 Å². The van der Waals surface area contributed by atoms with Crippen molar-refractivity contribution in [3.63, 3.8) is 0 Å². The highest BCUT2D eigenvalue weighted by Gasteiger charge is 2.24. The first-order valence-corrected chi connectivity index (χ1v) is 10.9. The number of hydrogen-bond acceptors (Lipinski definition) is 3. The predicted molar refractivity (Wildman–Crippen MR) is 125 cm³/mol. The van der Waals surface area contributed by atoms with E-state index in [9.17, 15) is 14.0 Å². The second-order valence-electron chi connectivity index (χ2n) is 7.87. The van der Waals surface area contributed by atoms with Crippen molar-refractivity contribution >= 4 is 35.1 Å². The Labute approximate surface area is 196 Å². The van der Waals surface area contributed by atoms with Crippen LogP contribution in [0, 0.1) is 5.82 Å². The van der Waals surface area contributed by atoms with E-state index in [4.69, 9.17) is 16.8 Å². The van der Waals surface area contributed by atoms with Crippen molar-refractivity contribution in [3.8, 4) is 0 Å². The Morgan fingerprint density at radius 2 is 1.79 bits per heavy atom. The first-order valence-electron chi connectivity index (χ1n) is 10.5. The summed E-state index contributed by atoms with van der Waals surface area (Å²) in [4.78, 5) is 27.3. The molecule has 0 atom stereocenters. The van der Waals surface area contributed by atoms with Crippen molar-refractivity contribution in [2.45, 2.75) is 19.4 Å². The maximum absolute atomic E-state index is 13.7. The fraction of sp³-hybridized carbons (Fsp3) is 0.154. The molecule has 0 unspecified atom stereocenters. The van der Waals surface area contributed by atoms with Gasteiger partial charge in [0.2, 0.25) is 0 Å². The van der Waals surface area contributed by atoms with Crippen molar-refractivity contribution < 1.29 is 19.2 Å². The van der Waals surface area contributed by atoms with E-state index in [1.54, 1.807) is 58.9 Å². The van der Waals surface area contributed by atoms with E-state index in [0.717, 1.165) is 24.0 Å². The molecule has 33 heavy (non-hydrogen) atoms. The number of nitrogens with zero attached hydrogens (tertiary/aromatic N) is 1. The first kappa shape index (κ1) is 22.7. The molecule has 2 amide bonds. The maximum atomic E-state index is 13.7. The Hall–Kier alpha value is -3.48. The van der Waals surface area contributed by atoms with Crippen LogP contribution in [0.25, 0.3) is 11.6 Å². The third kappa shape index (κ3) is 5.30. The van der Waals surface area contributed by atoms with E-state index in [-0.39, 0.29) is 11.7 Å². The summed E-state index contributed by atoms with van der Waals surface area (Å²) in [6.45, 7) is 0.860. The number of hydrogen-bond donors (Lipinski definition) is 2. The normalized spacial score (nSPS) is 13.8. The molecule has 7 heteroatoms. The van der Waals surface area contributed by atoms with Gasteiger partial charge in [0.1, 0.15) is 5.82 Å². The summed E-state index contributed by atoms with van der Waals surface area (Å²) in [6.07, 6.45) is 3.27. The van der Waals surface area contributed by atoms with E-state index in [1.165, 1.54) is 12.1 Å². The lowest BCUT2D eigenvalue weighted by molar-refractivity contribution is -0.125. The van der Waals surface area contributed by atoms with Gasteiger partial charge >= 0.3 is 0 Å². The standard InChI is InChI=1S/C26H22ClFN2O3/c27-22-5-1-3-19(15-22)24(13-17-6-10-23(28)11-7-17)26(32)30-12-2-4-18-8-9-20(25(31)29-33)14-21(18)16-30/h1,3,5-11,13-15,33H,2,4,12,16H2,(H,29,31)/b24-13+. The lowest BCUT2D eigenvalue weighted by Crippen LogP contribution is -2.31. The van der Waals surface area contributed by atoms with Gasteiger partial charge in [-0.05, 0) is 77.6 Å². The Balaban J connectivity index is 1.71. The SMILES string of the molecule is O=C(NO)c1ccc2c(c1)CN(C(=O)/C(=C/c1ccc(F)cc1)c1cccc(Cl)c1)CCC2. The number of rotatable bonds is 4. The number of amides is 2. The van der Waals surface area contributed by atoms with Gasteiger partial charge in [0.25, 0.3) is 11.8 Å². The average molecular weight is 465 g/mol. The van der Waals surface area contributed by atoms with E-state index >= 15 is 0 Å². The maximum Gasteiger partial charge on any atom is 0.274 e. The van der Waals surface area contributed by atoms with Gasteiger partial charge in [0.15, 0.2) is 0 Å². The largest absolute Gasteiger partial charge is 0.334 e. The molecule has 3 aromatic rings. The summed E-state index contributed by atoms with van der Waals surface area (Å²) < 4.78 is 13.4. The molecule has 0 fully saturated rings. The third-order valence-corrected chi connectivity index (χ3v) is 5.87. The van der Waals surface area contributed by atoms with Crippen LogP contribution >= 0.6 is 11.6 Å². The highest BCUT2D eigenvalue weighted by Crippen LogP contribution is 2.27. The number of aryl methyl sites for hydroxylation is 1. The molecule has 1 aliphatic rings. The monoisotopic (exact) mass is 464 g/mol. The van der Waals surface area contributed by atoms with E-state index in [2.05, 4.69) is 0 Å². The number of carbonyl (C=O) groups is 2. The van der Waals surface area contributed by atoms with Gasteiger partial charge in [-0.15, -0.1) is 0 Å². The summed E-state index contributed by atoms with van der Waals surface area (Å²) in [5.41, 5.74) is 5.68. The molecule has 0 radical (unpaired) electrons. The van der Waals surface area contributed by atoms with Crippen LogP contribution in [-0.4, -0.2) is 28.5 Å². The van der Waals surface area contributed by atoms with E-state index in [0.29, 0.717) is 40.4 Å². The average Bonchev–Trinajstić information content (AvgIpc) is 3.04. The minimum Gasteiger partial charge on any atom is -0.334 e. The van der Waals surface area contributed by atoms with Gasteiger partial charge in [0.05, 0.1) is 0 Å². The van der Waals surface area contributed by atoms with Crippen LogP contribution in [0.1, 0.15) is 39.0 Å². The van der Waals surface area contributed by atoms with Gasteiger partial charge in [-0.3, -0.25) is 14.8 Å². The highest BCUT2D eigenvalue weighted by molar-refractivity contribution is 6.31. The summed E-state index contributed by atoms with van der Waals surface area (Å²) >= 11 is 6.20. The molecule has 4 rings (SSSR count). The Morgan fingerprint density at radius 3 is 2.52 bits per heavy atom. The molecule has 0 spiro atoms. The Morgan fingerprint density at radius 1 is 1.00 bits per heavy atom. The summed E-state index contributed by atoms with van der Waals surface area (Å²) in [6, 6.07) is 18.2. The van der Waals surface area contributed by atoms with Crippen LogP contribution in [-0.2, 0) is 17.8 Å². The van der Waals surface area contributed by atoms with Crippen molar-refractivity contribution in [2.75, 3.05) is 6.54 Å². The van der Waals surface area contributed by atoms with Crippen molar-refractivity contribution in [2.24, 2.45) is 0 Å². The summed E-state index contributed by atoms with van der Waals surface area (Å²) in [5, 5.41) is 9.47. The molecule has 0 saturated carbocycles. The predicted octanol–water partition coefficient (Wildman–Crippen LogP) is 5.11. The van der Waals surface area contributed by atoms with Gasteiger partial charge in [-0.2, -0.15) is 0 Å². The van der Waals surface area contributed by atoms with Gasteiger partial charge in [-0.25, -0.2) is 9.87 Å². The van der Waals surface area contributed by atoms with Crippen molar-refractivity contribution in [1.29, 1.82) is 0 Å². The van der Waals surface area contributed by atoms with Crippen LogP contribution < -0.4 is 5.48 Å². The molecule has 5 nitrogen and oxygen atoms in total. The lowest BCUT2D eigenvalue weighted by atomic mass is 10.00. The van der Waals surface area contributed by atoms with Crippen LogP contribution in [0.15, 0.2) is 66.7 Å². The molecule has 0 bridgehead atoms. The molecule has 3 aromatic carbocycles. The van der Waals surface area contributed by atoms with Gasteiger partial charge in [0, 0.05) is 29.2 Å². The zero-order chi connectivity index (χ0) is 23.4. The highest BCUT2D eigenvalue weighted by atomic mass is 35.5. The Kier molecular flexibility index (Phi) is 6.87. The number of hydroxylamine groups is 1. The van der Waals surface area contributed by atoms with Crippen molar-refractivity contribution in [3.05, 3.63) is 105 Å². The van der Waals surface area contributed by atoms with E-state index in [1.807, 2.05) is 12.1 Å². The molecular weight excluding hydrogens is 443 g/mol. The number of benzene rings is 3. The number of nitrogens with one attached hydrogen (secondary N) is 1. The lowest BCUT2D eigenvalue weighted by Gasteiger charge is -2.23.